The summed E-state index contributed by atoms with van der Waals surface area (Å²) in [6.45, 7) is 0. The van der Waals surface area contributed by atoms with Gasteiger partial charge in [0, 0.05) is 6.08 Å². The van der Waals surface area contributed by atoms with Gasteiger partial charge in [-0.3, -0.25) is 10.0 Å². The molecule has 6 nitrogen and oxygen atoms in total. The third kappa shape index (κ3) is 6.12. The molecule has 0 bridgehead atoms. The van der Waals surface area contributed by atoms with Gasteiger partial charge in [-0.15, -0.1) is 5.10 Å². The topological polar surface area (TPSA) is 80.0 Å². The monoisotopic (exact) mass is 436 g/mol. The SMILES string of the molecule is O=C(/C=C/c1cn(C(/C=C/c2ccccc2)Cc2cccc(-c3ccccc3)c2)nn1)NO. The molecule has 0 fully saturated rings. The van der Waals surface area contributed by atoms with E-state index in [1.165, 1.54) is 23.3 Å². The van der Waals surface area contributed by atoms with Crippen LogP contribution in [0.5, 0.6) is 0 Å². The van der Waals surface area contributed by atoms with Crippen molar-refractivity contribution in [3.8, 4) is 11.1 Å². The van der Waals surface area contributed by atoms with E-state index in [0.717, 1.165) is 11.1 Å². The van der Waals surface area contributed by atoms with Crippen molar-refractivity contribution in [3.63, 3.8) is 0 Å². The first kappa shape index (κ1) is 21.9. The summed E-state index contributed by atoms with van der Waals surface area (Å²) in [6, 6.07) is 28.8. The third-order valence-corrected chi connectivity index (χ3v) is 5.17. The van der Waals surface area contributed by atoms with Gasteiger partial charge >= 0.3 is 0 Å². The van der Waals surface area contributed by atoms with E-state index in [4.69, 9.17) is 5.21 Å². The fraction of sp³-hybridized carbons (Fsp3) is 0.0741. The number of nitrogens with one attached hydrogen (secondary N) is 1. The second kappa shape index (κ2) is 10.8. The molecule has 1 aromatic heterocycles. The number of nitrogens with zero attached hydrogens (tertiary/aromatic N) is 3. The average molecular weight is 437 g/mol. The number of rotatable bonds is 8. The number of hydrogen-bond acceptors (Lipinski definition) is 4. The van der Waals surface area contributed by atoms with E-state index < -0.39 is 5.91 Å². The van der Waals surface area contributed by atoms with Crippen molar-refractivity contribution >= 4 is 18.1 Å². The van der Waals surface area contributed by atoms with Gasteiger partial charge < -0.3 is 0 Å². The minimum atomic E-state index is -0.622. The number of hydroxylamine groups is 1. The summed E-state index contributed by atoms with van der Waals surface area (Å²) < 4.78 is 1.78. The lowest BCUT2D eigenvalue weighted by atomic mass is 9.99. The number of carbonyl (C=O) groups excluding carboxylic acids is 1. The van der Waals surface area contributed by atoms with Gasteiger partial charge in [0.25, 0.3) is 5.91 Å². The van der Waals surface area contributed by atoms with Gasteiger partial charge in [-0.05, 0) is 34.8 Å². The fourth-order valence-electron chi connectivity index (χ4n) is 3.51. The maximum absolute atomic E-state index is 11.3. The van der Waals surface area contributed by atoms with Crippen LogP contribution in [0.4, 0.5) is 0 Å². The van der Waals surface area contributed by atoms with E-state index in [2.05, 4.69) is 58.9 Å². The smallest absolute Gasteiger partial charge is 0.267 e. The van der Waals surface area contributed by atoms with Gasteiger partial charge in [-0.2, -0.15) is 0 Å². The van der Waals surface area contributed by atoms with Crippen LogP contribution in [-0.4, -0.2) is 26.1 Å². The van der Waals surface area contributed by atoms with Crippen LogP contribution >= 0.6 is 0 Å². The molecule has 0 spiro atoms. The highest BCUT2D eigenvalue weighted by atomic mass is 16.5. The Bertz CT molecular complexity index is 1250. The Labute approximate surface area is 192 Å². The highest BCUT2D eigenvalue weighted by molar-refractivity contribution is 5.90. The molecular formula is C27H24N4O2. The molecule has 0 radical (unpaired) electrons. The molecule has 33 heavy (non-hydrogen) atoms. The minimum Gasteiger partial charge on any atom is -0.288 e. The Kier molecular flexibility index (Phi) is 7.20. The van der Waals surface area contributed by atoms with Gasteiger partial charge in [0.15, 0.2) is 0 Å². The standard InChI is InChI=1S/C27H24N4O2/c32-27(29-33)17-15-25-20-31(30-28-25)26(16-14-21-8-3-1-4-9-21)19-22-10-7-13-24(18-22)23-11-5-2-6-12-23/h1-18,20,26,33H,19H2,(H,29,32)/b16-14+,17-15+. The van der Waals surface area contributed by atoms with E-state index in [0.29, 0.717) is 12.1 Å². The minimum absolute atomic E-state index is 0.0856. The van der Waals surface area contributed by atoms with Crippen molar-refractivity contribution in [2.24, 2.45) is 0 Å². The molecule has 1 amide bonds. The molecule has 0 saturated carbocycles. The van der Waals surface area contributed by atoms with E-state index in [1.54, 1.807) is 16.4 Å². The van der Waals surface area contributed by atoms with Crippen LogP contribution in [0.1, 0.15) is 22.9 Å². The van der Waals surface area contributed by atoms with Crippen LogP contribution in [0.2, 0.25) is 0 Å². The molecule has 6 heteroatoms. The third-order valence-electron chi connectivity index (χ3n) is 5.17. The predicted molar refractivity (Wildman–Crippen MR) is 129 cm³/mol. The van der Waals surface area contributed by atoms with Crippen LogP contribution in [0.3, 0.4) is 0 Å². The summed E-state index contributed by atoms with van der Waals surface area (Å²) >= 11 is 0. The van der Waals surface area contributed by atoms with Gasteiger partial charge in [0.2, 0.25) is 0 Å². The largest absolute Gasteiger partial charge is 0.288 e. The number of aromatic nitrogens is 3. The van der Waals surface area contributed by atoms with Crippen LogP contribution in [0.15, 0.2) is 103 Å². The molecular weight excluding hydrogens is 412 g/mol. The number of carbonyl (C=O) groups is 1. The zero-order valence-corrected chi connectivity index (χ0v) is 18.0. The number of allylic oxidation sites excluding steroid dienone is 1. The molecule has 0 saturated heterocycles. The van der Waals surface area contributed by atoms with E-state index in [1.807, 2.05) is 48.5 Å². The quantitative estimate of drug-likeness (QED) is 0.232. The summed E-state index contributed by atoms with van der Waals surface area (Å²) in [5, 5.41) is 17.1. The lowest BCUT2D eigenvalue weighted by molar-refractivity contribution is -0.124. The lowest BCUT2D eigenvalue weighted by Gasteiger charge is -2.14. The Hall–Kier alpha value is -4.29. The van der Waals surface area contributed by atoms with Crippen molar-refractivity contribution in [1.29, 1.82) is 0 Å². The Balaban J connectivity index is 1.61. The van der Waals surface area contributed by atoms with Crippen molar-refractivity contribution < 1.29 is 10.0 Å². The first-order valence-corrected chi connectivity index (χ1v) is 10.6. The second-order valence-electron chi connectivity index (χ2n) is 7.54. The van der Waals surface area contributed by atoms with Gasteiger partial charge in [0.05, 0.1) is 12.2 Å². The molecule has 1 atom stereocenters. The fourth-order valence-corrected chi connectivity index (χ4v) is 3.51. The number of benzene rings is 3. The zero-order chi connectivity index (χ0) is 22.9. The Morgan fingerprint density at radius 2 is 1.67 bits per heavy atom. The first-order valence-electron chi connectivity index (χ1n) is 10.6. The van der Waals surface area contributed by atoms with Crippen LogP contribution in [0.25, 0.3) is 23.3 Å². The first-order chi connectivity index (χ1) is 16.2. The van der Waals surface area contributed by atoms with Gasteiger partial charge in [0.1, 0.15) is 5.69 Å². The molecule has 4 aromatic rings. The van der Waals surface area contributed by atoms with Crippen LogP contribution in [0, 0.1) is 0 Å². The van der Waals surface area contributed by atoms with E-state index >= 15 is 0 Å². The normalized spacial score (nSPS) is 12.3. The predicted octanol–water partition coefficient (Wildman–Crippen LogP) is 4.96. The summed E-state index contributed by atoms with van der Waals surface area (Å²) in [7, 11) is 0. The molecule has 2 N–H and O–H groups in total. The van der Waals surface area contributed by atoms with Gasteiger partial charge in [-0.25, -0.2) is 10.2 Å². The number of amides is 1. The summed E-state index contributed by atoms with van der Waals surface area (Å²) in [5.74, 6) is -0.622. The van der Waals surface area contributed by atoms with Crippen molar-refractivity contribution in [2.75, 3.05) is 0 Å². The number of hydrogen-bond donors (Lipinski definition) is 2. The van der Waals surface area contributed by atoms with E-state index in [9.17, 15) is 4.79 Å². The summed E-state index contributed by atoms with van der Waals surface area (Å²) in [5.41, 5.74) is 6.69. The molecule has 1 heterocycles. The van der Waals surface area contributed by atoms with E-state index in [-0.39, 0.29) is 6.04 Å². The average Bonchev–Trinajstić information content (AvgIpc) is 3.35. The molecule has 1 unspecified atom stereocenters. The maximum Gasteiger partial charge on any atom is 0.267 e. The molecule has 0 aliphatic heterocycles. The second-order valence-corrected chi connectivity index (χ2v) is 7.54. The lowest BCUT2D eigenvalue weighted by Crippen LogP contribution is -2.14. The zero-order valence-electron chi connectivity index (χ0n) is 18.0. The molecule has 4 rings (SSSR count). The maximum atomic E-state index is 11.3. The van der Waals surface area contributed by atoms with Crippen molar-refractivity contribution in [1.82, 2.24) is 20.5 Å². The Morgan fingerprint density at radius 3 is 2.42 bits per heavy atom. The summed E-state index contributed by atoms with van der Waals surface area (Å²) in [6.07, 6.45) is 9.38. The molecule has 3 aromatic carbocycles. The molecule has 164 valence electrons. The highest BCUT2D eigenvalue weighted by Crippen LogP contribution is 2.23. The van der Waals surface area contributed by atoms with Crippen LogP contribution in [-0.2, 0) is 11.2 Å². The molecule has 0 aliphatic carbocycles. The van der Waals surface area contributed by atoms with Crippen molar-refractivity contribution in [2.45, 2.75) is 12.5 Å². The van der Waals surface area contributed by atoms with Crippen molar-refractivity contribution in [3.05, 3.63) is 120 Å². The summed E-state index contributed by atoms with van der Waals surface area (Å²) in [4.78, 5) is 11.3. The van der Waals surface area contributed by atoms with Gasteiger partial charge in [-0.1, -0.05) is 102 Å². The Morgan fingerprint density at radius 1 is 0.939 bits per heavy atom. The molecule has 0 aliphatic rings. The highest BCUT2D eigenvalue weighted by Gasteiger charge is 2.12. The van der Waals surface area contributed by atoms with Crippen LogP contribution < -0.4 is 5.48 Å².